The largest absolute Gasteiger partial charge is 0.475 e. The van der Waals surface area contributed by atoms with Crippen molar-refractivity contribution >= 4 is 5.97 Å². The number of hydrogen-bond acceptors (Lipinski definition) is 3. The number of carboxylic acid groups (broad SMARTS) is 1. The van der Waals surface area contributed by atoms with E-state index in [4.69, 9.17) is 9.52 Å². The number of carbonyl (C=O) groups is 1. The van der Waals surface area contributed by atoms with Crippen molar-refractivity contribution in [1.29, 1.82) is 0 Å². The summed E-state index contributed by atoms with van der Waals surface area (Å²) in [7, 11) is 0. The standard InChI is InChI=1S/C14H21NO3/c1-11(12-7-8-13(18-12)14(16)17)15-9-5-3-2-4-6-10-15/h7-8,11H,2-6,9-10H2,1H3,(H,16,17). The Morgan fingerprint density at radius 1 is 1.22 bits per heavy atom. The number of carboxylic acids is 1. The van der Waals surface area contributed by atoms with Gasteiger partial charge < -0.3 is 9.52 Å². The summed E-state index contributed by atoms with van der Waals surface area (Å²) in [6.07, 6.45) is 6.36. The fourth-order valence-corrected chi connectivity index (χ4v) is 2.53. The lowest BCUT2D eigenvalue weighted by molar-refractivity contribution is 0.0655. The van der Waals surface area contributed by atoms with Gasteiger partial charge in [-0.15, -0.1) is 0 Å². The maximum absolute atomic E-state index is 10.8. The fourth-order valence-electron chi connectivity index (χ4n) is 2.53. The monoisotopic (exact) mass is 251 g/mol. The molecule has 0 aromatic carbocycles. The van der Waals surface area contributed by atoms with Crippen LogP contribution < -0.4 is 0 Å². The van der Waals surface area contributed by atoms with Gasteiger partial charge in [-0.25, -0.2) is 4.79 Å². The molecule has 18 heavy (non-hydrogen) atoms. The van der Waals surface area contributed by atoms with E-state index < -0.39 is 5.97 Å². The molecule has 2 heterocycles. The Bertz CT molecular complexity index is 391. The molecule has 1 aliphatic heterocycles. The van der Waals surface area contributed by atoms with Gasteiger partial charge in [-0.2, -0.15) is 0 Å². The second kappa shape index (κ2) is 6.05. The lowest BCUT2D eigenvalue weighted by Crippen LogP contribution is -2.30. The van der Waals surface area contributed by atoms with Gasteiger partial charge in [0, 0.05) is 0 Å². The van der Waals surface area contributed by atoms with Crippen molar-refractivity contribution in [3.05, 3.63) is 23.7 Å². The topological polar surface area (TPSA) is 53.7 Å². The van der Waals surface area contributed by atoms with E-state index in [1.807, 2.05) is 0 Å². The van der Waals surface area contributed by atoms with Crippen LogP contribution in [-0.4, -0.2) is 29.1 Å². The van der Waals surface area contributed by atoms with Crippen LogP contribution in [0.3, 0.4) is 0 Å². The van der Waals surface area contributed by atoms with Crippen LogP contribution in [0, 0.1) is 0 Å². The summed E-state index contributed by atoms with van der Waals surface area (Å²) < 4.78 is 5.39. The molecule has 0 bridgehead atoms. The third-order valence-electron chi connectivity index (χ3n) is 3.69. The molecule has 1 unspecified atom stereocenters. The third-order valence-corrected chi connectivity index (χ3v) is 3.69. The predicted molar refractivity (Wildman–Crippen MR) is 68.7 cm³/mol. The average molecular weight is 251 g/mol. The van der Waals surface area contributed by atoms with Gasteiger partial charge in [-0.1, -0.05) is 19.3 Å². The molecule has 2 rings (SSSR count). The second-order valence-corrected chi connectivity index (χ2v) is 4.99. The summed E-state index contributed by atoms with van der Waals surface area (Å²) in [6, 6.07) is 3.49. The van der Waals surface area contributed by atoms with E-state index in [1.165, 1.54) is 38.2 Å². The lowest BCUT2D eigenvalue weighted by atomic mass is 10.1. The van der Waals surface area contributed by atoms with E-state index >= 15 is 0 Å². The molecule has 1 aromatic heterocycles. The smallest absolute Gasteiger partial charge is 0.371 e. The van der Waals surface area contributed by atoms with Gasteiger partial charge in [0.1, 0.15) is 5.76 Å². The molecule has 4 heteroatoms. The molecule has 1 aliphatic rings. The Hall–Kier alpha value is -1.29. The maximum atomic E-state index is 10.8. The zero-order chi connectivity index (χ0) is 13.0. The molecule has 1 aromatic rings. The molecule has 1 N–H and O–H groups in total. The highest BCUT2D eigenvalue weighted by Gasteiger charge is 2.20. The number of hydrogen-bond donors (Lipinski definition) is 1. The summed E-state index contributed by atoms with van der Waals surface area (Å²) >= 11 is 0. The van der Waals surface area contributed by atoms with Crippen LogP contribution in [0.15, 0.2) is 16.5 Å². The molecule has 1 fully saturated rings. The Morgan fingerprint density at radius 3 is 2.39 bits per heavy atom. The molecule has 0 radical (unpaired) electrons. The molecule has 1 atom stereocenters. The van der Waals surface area contributed by atoms with Crippen LogP contribution in [0.5, 0.6) is 0 Å². The Balaban J connectivity index is 2.03. The van der Waals surface area contributed by atoms with Crippen molar-refractivity contribution < 1.29 is 14.3 Å². The summed E-state index contributed by atoms with van der Waals surface area (Å²) in [5.41, 5.74) is 0. The van der Waals surface area contributed by atoms with Gasteiger partial charge in [0.05, 0.1) is 6.04 Å². The van der Waals surface area contributed by atoms with E-state index in [0.29, 0.717) is 0 Å². The number of rotatable bonds is 3. The Labute approximate surface area is 108 Å². The van der Waals surface area contributed by atoms with E-state index in [9.17, 15) is 4.79 Å². The van der Waals surface area contributed by atoms with Gasteiger partial charge in [0.15, 0.2) is 0 Å². The van der Waals surface area contributed by atoms with Gasteiger partial charge in [0.25, 0.3) is 0 Å². The van der Waals surface area contributed by atoms with E-state index in [1.54, 1.807) is 6.07 Å². The van der Waals surface area contributed by atoms with Crippen LogP contribution in [-0.2, 0) is 0 Å². The Kier molecular flexibility index (Phi) is 4.42. The molecule has 1 saturated heterocycles. The van der Waals surface area contributed by atoms with Crippen LogP contribution in [0.1, 0.15) is 61.4 Å². The highest BCUT2D eigenvalue weighted by molar-refractivity contribution is 5.84. The van der Waals surface area contributed by atoms with Crippen LogP contribution >= 0.6 is 0 Å². The molecular weight excluding hydrogens is 230 g/mol. The lowest BCUT2D eigenvalue weighted by Gasteiger charge is -2.29. The molecule has 0 aliphatic carbocycles. The minimum atomic E-state index is -0.999. The molecule has 100 valence electrons. The van der Waals surface area contributed by atoms with Crippen molar-refractivity contribution in [3.8, 4) is 0 Å². The quantitative estimate of drug-likeness (QED) is 0.895. The first kappa shape index (κ1) is 13.1. The zero-order valence-corrected chi connectivity index (χ0v) is 10.9. The zero-order valence-electron chi connectivity index (χ0n) is 10.9. The first-order valence-corrected chi connectivity index (χ1v) is 6.75. The average Bonchev–Trinajstić information content (AvgIpc) is 2.77. The maximum Gasteiger partial charge on any atom is 0.371 e. The number of nitrogens with zero attached hydrogens (tertiary/aromatic N) is 1. The predicted octanol–water partition coefficient (Wildman–Crippen LogP) is 3.30. The van der Waals surface area contributed by atoms with Crippen molar-refractivity contribution in [3.63, 3.8) is 0 Å². The molecular formula is C14H21NO3. The fraction of sp³-hybridized carbons (Fsp3) is 0.643. The van der Waals surface area contributed by atoms with Crippen molar-refractivity contribution in [1.82, 2.24) is 4.90 Å². The van der Waals surface area contributed by atoms with Crippen LogP contribution in [0.25, 0.3) is 0 Å². The number of likely N-dealkylation sites (tertiary alicyclic amines) is 1. The third kappa shape index (κ3) is 3.13. The summed E-state index contributed by atoms with van der Waals surface area (Å²) in [5, 5.41) is 8.87. The number of aromatic carboxylic acids is 1. The number of furan rings is 1. The van der Waals surface area contributed by atoms with E-state index in [0.717, 1.165) is 18.8 Å². The van der Waals surface area contributed by atoms with Crippen molar-refractivity contribution in [2.24, 2.45) is 0 Å². The molecule has 4 nitrogen and oxygen atoms in total. The van der Waals surface area contributed by atoms with Gasteiger partial charge >= 0.3 is 5.97 Å². The first-order chi connectivity index (χ1) is 8.68. The van der Waals surface area contributed by atoms with Crippen molar-refractivity contribution in [2.45, 2.75) is 45.1 Å². The second-order valence-electron chi connectivity index (χ2n) is 4.99. The summed E-state index contributed by atoms with van der Waals surface area (Å²) in [6.45, 7) is 4.24. The van der Waals surface area contributed by atoms with Gasteiger partial charge in [0.2, 0.25) is 5.76 Å². The normalized spacial score (nSPS) is 20.1. The highest BCUT2D eigenvalue weighted by atomic mass is 16.4. The Morgan fingerprint density at radius 2 is 1.83 bits per heavy atom. The minimum Gasteiger partial charge on any atom is -0.475 e. The van der Waals surface area contributed by atoms with Gasteiger partial charge in [-0.05, 0) is 45.0 Å². The molecule has 0 amide bonds. The van der Waals surface area contributed by atoms with E-state index in [-0.39, 0.29) is 11.8 Å². The van der Waals surface area contributed by atoms with E-state index in [2.05, 4.69) is 11.8 Å². The minimum absolute atomic E-state index is 0.0314. The molecule has 0 saturated carbocycles. The SMILES string of the molecule is CC(c1ccc(C(=O)O)o1)N1CCCCCCC1. The first-order valence-electron chi connectivity index (χ1n) is 6.75. The highest BCUT2D eigenvalue weighted by Crippen LogP contribution is 2.25. The van der Waals surface area contributed by atoms with Crippen LogP contribution in [0.4, 0.5) is 0 Å². The van der Waals surface area contributed by atoms with Crippen LogP contribution in [0.2, 0.25) is 0 Å². The van der Waals surface area contributed by atoms with Gasteiger partial charge in [-0.3, -0.25) is 4.90 Å². The summed E-state index contributed by atoms with van der Waals surface area (Å²) in [5.74, 6) is -0.210. The van der Waals surface area contributed by atoms with Crippen molar-refractivity contribution in [2.75, 3.05) is 13.1 Å². The summed E-state index contributed by atoms with van der Waals surface area (Å²) in [4.78, 5) is 13.2. The molecule has 0 spiro atoms.